The lowest BCUT2D eigenvalue weighted by atomic mass is 10.1. The van der Waals surface area contributed by atoms with Crippen LogP contribution in [0.2, 0.25) is 0 Å². The summed E-state index contributed by atoms with van der Waals surface area (Å²) in [5.74, 6) is 0.638. The van der Waals surface area contributed by atoms with Crippen LogP contribution in [0.5, 0.6) is 5.75 Å². The van der Waals surface area contributed by atoms with Crippen LogP contribution in [0.15, 0.2) is 17.0 Å². The van der Waals surface area contributed by atoms with E-state index in [0.717, 1.165) is 11.8 Å². The Bertz CT molecular complexity index is 524. The average molecular weight is 354 g/mol. The molecule has 0 radical (unpaired) electrons. The van der Waals surface area contributed by atoms with Crippen LogP contribution >= 0.6 is 23.0 Å². The number of hydrogen-bond acceptors (Lipinski definition) is 4. The predicted octanol–water partition coefficient (Wildman–Crippen LogP) is 1.80. The fourth-order valence-corrected chi connectivity index (χ4v) is 3.45. The van der Waals surface area contributed by atoms with Gasteiger partial charge in [-0.1, -0.05) is 0 Å². The molecule has 4 nitrogen and oxygen atoms in total. The molecule has 1 aromatic carbocycles. The van der Waals surface area contributed by atoms with E-state index in [4.69, 9.17) is 3.07 Å². The first-order valence-corrected chi connectivity index (χ1v) is 7.55. The summed E-state index contributed by atoms with van der Waals surface area (Å²) in [6.45, 7) is 0. The molecular weight excluding hydrogens is 343 g/mol. The summed E-state index contributed by atoms with van der Waals surface area (Å²) in [6.07, 6.45) is 1.65. The molecule has 1 aliphatic rings. The van der Waals surface area contributed by atoms with E-state index in [0.29, 0.717) is 24.2 Å². The van der Waals surface area contributed by atoms with Crippen molar-refractivity contribution in [2.45, 2.75) is 23.8 Å². The first-order valence-electron chi connectivity index (χ1n) is 4.77. The number of fused-ring (bicyclic) bond motifs is 1. The van der Waals surface area contributed by atoms with Crippen molar-refractivity contribution in [3.8, 4) is 5.75 Å². The molecule has 2 rings (SSSR count). The largest absolute Gasteiger partial charge is 0.427 e. The van der Waals surface area contributed by atoms with Crippen LogP contribution in [0.25, 0.3) is 0 Å². The van der Waals surface area contributed by atoms with E-state index in [-0.39, 0.29) is 4.90 Å². The van der Waals surface area contributed by atoms with Crippen LogP contribution in [0.3, 0.4) is 0 Å². The summed E-state index contributed by atoms with van der Waals surface area (Å²) >= 11 is 1.76. The van der Waals surface area contributed by atoms with Crippen LogP contribution in [0.4, 0.5) is 0 Å². The molecule has 0 spiro atoms. The second-order valence-corrected chi connectivity index (χ2v) is 6.28. The fourth-order valence-electron chi connectivity index (χ4n) is 2.07. The number of aliphatic hydroxyl groups is 1. The lowest BCUT2D eigenvalue weighted by molar-refractivity contribution is 0.177. The molecule has 88 valence electrons. The van der Waals surface area contributed by atoms with Gasteiger partial charge in [0, 0.05) is 17.4 Å². The highest BCUT2D eigenvalue weighted by Crippen LogP contribution is 2.41. The lowest BCUT2D eigenvalue weighted by Crippen LogP contribution is -2.05. The predicted molar refractivity (Wildman–Crippen MR) is 67.5 cm³/mol. The zero-order valence-corrected chi connectivity index (χ0v) is 11.6. The van der Waals surface area contributed by atoms with Crippen LogP contribution in [0.1, 0.15) is 23.7 Å². The maximum atomic E-state index is 11.6. The highest BCUT2D eigenvalue weighted by Gasteiger charge is 2.30. The van der Waals surface area contributed by atoms with Gasteiger partial charge in [0.1, 0.15) is 5.75 Å². The molecule has 0 aliphatic heterocycles. The van der Waals surface area contributed by atoms with Gasteiger partial charge in [-0.15, -0.1) is 0 Å². The molecule has 1 aromatic rings. The fraction of sp³-hybridized carbons (Fsp3) is 0.400. The van der Waals surface area contributed by atoms with Gasteiger partial charge in [-0.2, -0.15) is 0 Å². The SMILES string of the molecule is CS(=O)(=O)c1ccc(OI)c2c1[C@H](O)CC2. The number of benzene rings is 1. The molecule has 0 unspecified atom stereocenters. The van der Waals surface area contributed by atoms with Gasteiger partial charge in [0.25, 0.3) is 0 Å². The minimum absolute atomic E-state index is 0.213. The first-order chi connectivity index (χ1) is 7.45. The van der Waals surface area contributed by atoms with E-state index < -0.39 is 15.9 Å². The second-order valence-electron chi connectivity index (χ2n) is 3.86. The Hall–Kier alpha value is -0.340. The summed E-state index contributed by atoms with van der Waals surface area (Å²) in [5, 5.41) is 9.82. The van der Waals surface area contributed by atoms with Gasteiger partial charge in [0.2, 0.25) is 0 Å². The topological polar surface area (TPSA) is 63.6 Å². The number of halogens is 1. The van der Waals surface area contributed by atoms with Crippen molar-refractivity contribution >= 4 is 32.8 Å². The summed E-state index contributed by atoms with van der Waals surface area (Å²) in [6, 6.07) is 3.14. The molecular formula is C10H11IO4S. The Labute approximate surface area is 108 Å². The zero-order chi connectivity index (χ0) is 11.9. The molecule has 1 aliphatic carbocycles. The van der Waals surface area contributed by atoms with Crippen molar-refractivity contribution in [3.63, 3.8) is 0 Å². The van der Waals surface area contributed by atoms with Crippen molar-refractivity contribution < 1.29 is 16.6 Å². The molecule has 0 saturated carbocycles. The van der Waals surface area contributed by atoms with Gasteiger partial charge in [0.05, 0.1) is 11.0 Å². The number of sulfone groups is 1. The monoisotopic (exact) mass is 354 g/mol. The Morgan fingerprint density at radius 3 is 2.75 bits per heavy atom. The van der Waals surface area contributed by atoms with Gasteiger partial charge in [-0.05, 0) is 25.0 Å². The number of aliphatic hydroxyl groups excluding tert-OH is 1. The summed E-state index contributed by atoms with van der Waals surface area (Å²) < 4.78 is 28.3. The van der Waals surface area contributed by atoms with Crippen molar-refractivity contribution in [2.24, 2.45) is 0 Å². The third-order valence-electron chi connectivity index (χ3n) is 2.76. The molecule has 0 aromatic heterocycles. The molecule has 16 heavy (non-hydrogen) atoms. The van der Waals surface area contributed by atoms with Crippen molar-refractivity contribution in [2.75, 3.05) is 6.26 Å². The van der Waals surface area contributed by atoms with E-state index in [1.807, 2.05) is 0 Å². The lowest BCUT2D eigenvalue weighted by Gasteiger charge is -2.12. The Kier molecular flexibility index (Phi) is 3.15. The van der Waals surface area contributed by atoms with E-state index in [2.05, 4.69) is 0 Å². The van der Waals surface area contributed by atoms with Crippen molar-refractivity contribution in [1.82, 2.24) is 0 Å². The van der Waals surface area contributed by atoms with Gasteiger partial charge in [-0.25, -0.2) is 8.42 Å². The average Bonchev–Trinajstić information content (AvgIpc) is 2.58. The Morgan fingerprint density at radius 2 is 2.19 bits per heavy atom. The van der Waals surface area contributed by atoms with Crippen LogP contribution in [-0.2, 0) is 16.3 Å². The van der Waals surface area contributed by atoms with Gasteiger partial charge in [0.15, 0.2) is 32.8 Å². The first kappa shape index (κ1) is 12.1. The normalized spacial score (nSPS) is 19.6. The van der Waals surface area contributed by atoms with Crippen LogP contribution in [-0.4, -0.2) is 19.8 Å². The van der Waals surface area contributed by atoms with Crippen LogP contribution < -0.4 is 3.07 Å². The van der Waals surface area contributed by atoms with Gasteiger partial charge >= 0.3 is 0 Å². The Balaban J connectivity index is 2.72. The quantitative estimate of drug-likeness (QED) is 0.823. The third-order valence-corrected chi connectivity index (χ3v) is 4.39. The van der Waals surface area contributed by atoms with E-state index in [1.165, 1.54) is 6.07 Å². The molecule has 6 heteroatoms. The summed E-state index contributed by atoms with van der Waals surface area (Å²) in [7, 11) is -3.30. The molecule has 0 heterocycles. The minimum atomic E-state index is -3.30. The molecule has 0 fully saturated rings. The molecule has 1 N–H and O–H groups in total. The third kappa shape index (κ3) is 1.93. The highest BCUT2D eigenvalue weighted by atomic mass is 127. The number of rotatable bonds is 2. The molecule has 0 bridgehead atoms. The zero-order valence-electron chi connectivity index (χ0n) is 8.60. The Morgan fingerprint density at radius 1 is 1.50 bits per heavy atom. The standard InChI is InChI=1S/C10H11IO4S/c1-16(13,14)9-5-4-8(15-11)6-2-3-7(12)10(6)9/h4-5,7,12H,2-3H2,1H3/t7-/m1/s1. The summed E-state index contributed by atoms with van der Waals surface area (Å²) in [5.41, 5.74) is 1.32. The van der Waals surface area contributed by atoms with Crippen molar-refractivity contribution in [1.29, 1.82) is 0 Å². The van der Waals surface area contributed by atoms with Crippen LogP contribution in [0, 0.1) is 0 Å². The maximum Gasteiger partial charge on any atom is 0.192 e. The van der Waals surface area contributed by atoms with E-state index >= 15 is 0 Å². The highest BCUT2D eigenvalue weighted by molar-refractivity contribution is 14.1. The summed E-state index contributed by atoms with van der Waals surface area (Å²) in [4.78, 5) is 0.213. The van der Waals surface area contributed by atoms with E-state index in [9.17, 15) is 13.5 Å². The molecule has 0 saturated heterocycles. The molecule has 0 amide bonds. The minimum Gasteiger partial charge on any atom is -0.427 e. The van der Waals surface area contributed by atoms with Gasteiger partial charge < -0.3 is 8.17 Å². The molecule has 1 atom stereocenters. The second kappa shape index (κ2) is 4.15. The van der Waals surface area contributed by atoms with E-state index in [1.54, 1.807) is 29.1 Å². The number of hydrogen-bond donors (Lipinski definition) is 1. The maximum absolute atomic E-state index is 11.6. The van der Waals surface area contributed by atoms with Crippen molar-refractivity contribution in [3.05, 3.63) is 23.3 Å². The smallest absolute Gasteiger partial charge is 0.192 e. The van der Waals surface area contributed by atoms with Gasteiger partial charge in [-0.3, -0.25) is 0 Å².